The van der Waals surface area contributed by atoms with E-state index in [1.54, 1.807) is 18.3 Å². The Labute approximate surface area is 232 Å². The summed E-state index contributed by atoms with van der Waals surface area (Å²) < 4.78 is 30.6. The summed E-state index contributed by atoms with van der Waals surface area (Å²) in [6.45, 7) is 1.42. The SMILES string of the molecule is O=C(NCc1cc2nc(N3CCC4(CCC4)c4cccnc43)ccc2cn1)c1ccc2c(c1)S(=O)(=O)CCOC2. The number of benzene rings is 1. The lowest BCUT2D eigenvalue weighted by molar-refractivity contribution is 0.0950. The molecule has 5 heterocycles. The third-order valence-electron chi connectivity index (χ3n) is 8.48. The van der Waals surface area contributed by atoms with Crippen LogP contribution in [0.15, 0.2) is 65.8 Å². The zero-order valence-corrected chi connectivity index (χ0v) is 22.8. The molecule has 1 aromatic carbocycles. The zero-order chi connectivity index (χ0) is 27.3. The van der Waals surface area contributed by atoms with E-state index in [2.05, 4.69) is 21.3 Å². The van der Waals surface area contributed by atoms with Crippen LogP contribution in [-0.2, 0) is 33.1 Å². The van der Waals surface area contributed by atoms with Gasteiger partial charge in [0.25, 0.3) is 5.91 Å². The standard InChI is InChI=1S/C30H29N5O4S/c36-29(20-4-5-22-19-39-13-14-40(37,38)26(22)15-20)33-18-23-16-25-21(17-32-23)6-7-27(34-25)35-12-10-30(8-2-9-30)24-3-1-11-31-28(24)35/h1,3-7,11,15-17H,2,8-10,12-14,18-19H2,(H,33,36). The van der Waals surface area contributed by atoms with Crippen LogP contribution in [0.3, 0.4) is 0 Å². The van der Waals surface area contributed by atoms with E-state index in [0.29, 0.717) is 11.3 Å². The molecule has 0 unspecified atom stereocenters. The molecule has 3 aliphatic rings. The third-order valence-corrected chi connectivity index (χ3v) is 10.2. The van der Waals surface area contributed by atoms with Gasteiger partial charge in [0.2, 0.25) is 0 Å². The number of hydrogen-bond acceptors (Lipinski definition) is 8. The number of carbonyl (C=O) groups is 1. The number of nitrogens with zero attached hydrogens (tertiary/aromatic N) is 4. The van der Waals surface area contributed by atoms with Crippen molar-refractivity contribution in [1.29, 1.82) is 0 Å². The van der Waals surface area contributed by atoms with Gasteiger partial charge in [-0.15, -0.1) is 0 Å². The molecule has 1 spiro atoms. The summed E-state index contributed by atoms with van der Waals surface area (Å²) in [6.07, 6.45) is 8.42. The molecule has 0 saturated heterocycles. The normalized spacial score (nSPS) is 18.9. The first kappa shape index (κ1) is 25.1. The van der Waals surface area contributed by atoms with Crippen molar-refractivity contribution >= 4 is 38.3 Å². The van der Waals surface area contributed by atoms with Gasteiger partial charge < -0.3 is 15.0 Å². The van der Waals surface area contributed by atoms with Crippen LogP contribution in [0.2, 0.25) is 0 Å². The van der Waals surface area contributed by atoms with Crippen LogP contribution in [0.5, 0.6) is 0 Å². The molecule has 1 fully saturated rings. The minimum atomic E-state index is -3.50. The van der Waals surface area contributed by atoms with E-state index >= 15 is 0 Å². The fourth-order valence-electron chi connectivity index (χ4n) is 6.07. The van der Waals surface area contributed by atoms with Gasteiger partial charge in [-0.3, -0.25) is 9.78 Å². The molecule has 1 N–H and O–H groups in total. The van der Waals surface area contributed by atoms with Gasteiger partial charge in [-0.2, -0.15) is 0 Å². The average molecular weight is 556 g/mol. The lowest BCUT2D eigenvalue weighted by Crippen LogP contribution is -2.43. The van der Waals surface area contributed by atoms with E-state index in [4.69, 9.17) is 14.7 Å². The van der Waals surface area contributed by atoms with E-state index in [1.165, 1.54) is 30.9 Å². The number of rotatable bonds is 4. The third kappa shape index (κ3) is 4.31. The van der Waals surface area contributed by atoms with Crippen molar-refractivity contribution in [2.45, 2.75) is 49.1 Å². The maximum atomic E-state index is 12.9. The topological polar surface area (TPSA) is 114 Å². The van der Waals surface area contributed by atoms with Gasteiger partial charge in [-0.1, -0.05) is 18.6 Å². The van der Waals surface area contributed by atoms with Gasteiger partial charge in [0.05, 0.1) is 41.6 Å². The Bertz CT molecular complexity index is 1750. The van der Waals surface area contributed by atoms with Crippen molar-refractivity contribution in [3.05, 3.63) is 83.3 Å². The summed E-state index contributed by atoms with van der Waals surface area (Å²) in [4.78, 5) is 29.5. The molecule has 10 heteroatoms. The molecule has 2 aliphatic heterocycles. The number of amides is 1. The number of ether oxygens (including phenoxy) is 1. The number of hydrogen-bond donors (Lipinski definition) is 1. The molecule has 1 saturated carbocycles. The Balaban J connectivity index is 1.12. The Hall–Kier alpha value is -3.89. The van der Waals surface area contributed by atoms with E-state index < -0.39 is 9.84 Å². The van der Waals surface area contributed by atoms with Crippen LogP contribution in [0, 0.1) is 0 Å². The second-order valence-electron chi connectivity index (χ2n) is 10.8. The summed E-state index contributed by atoms with van der Waals surface area (Å²) in [6, 6.07) is 14.9. The Morgan fingerprint density at radius 1 is 1.07 bits per heavy atom. The van der Waals surface area contributed by atoms with Crippen LogP contribution >= 0.6 is 0 Å². The molecule has 1 amide bonds. The lowest BCUT2D eigenvalue weighted by Gasteiger charge is -2.48. The van der Waals surface area contributed by atoms with Crippen LogP contribution < -0.4 is 10.2 Å². The summed E-state index contributed by atoms with van der Waals surface area (Å²) in [5.41, 5.74) is 3.89. The van der Waals surface area contributed by atoms with Crippen LogP contribution in [0.1, 0.15) is 52.9 Å². The molecular formula is C30H29N5O4S. The first-order valence-electron chi connectivity index (χ1n) is 13.6. The maximum absolute atomic E-state index is 12.9. The minimum absolute atomic E-state index is 0.0962. The van der Waals surface area contributed by atoms with Gasteiger partial charge in [-0.25, -0.2) is 18.4 Å². The molecule has 0 atom stereocenters. The summed E-state index contributed by atoms with van der Waals surface area (Å²) in [5, 5.41) is 3.77. The van der Waals surface area contributed by atoms with Gasteiger partial charge in [0, 0.05) is 40.9 Å². The van der Waals surface area contributed by atoms with Gasteiger partial charge in [-0.05, 0) is 61.2 Å². The maximum Gasteiger partial charge on any atom is 0.251 e. The number of pyridine rings is 3. The molecule has 40 heavy (non-hydrogen) atoms. The smallest absolute Gasteiger partial charge is 0.251 e. The molecule has 7 rings (SSSR count). The summed E-state index contributed by atoms with van der Waals surface area (Å²) in [5.74, 6) is 1.38. The minimum Gasteiger partial charge on any atom is -0.376 e. The number of anilines is 2. The molecule has 1 aliphatic carbocycles. The van der Waals surface area contributed by atoms with Crippen molar-refractivity contribution in [3.8, 4) is 0 Å². The first-order chi connectivity index (χ1) is 19.4. The molecule has 0 bridgehead atoms. The molecule has 4 aromatic rings. The highest BCUT2D eigenvalue weighted by molar-refractivity contribution is 7.91. The molecule has 204 valence electrons. The predicted molar refractivity (Wildman–Crippen MR) is 150 cm³/mol. The number of fused-ring (bicyclic) bond motifs is 4. The molecule has 9 nitrogen and oxygen atoms in total. The van der Waals surface area contributed by atoms with Gasteiger partial charge in [0.1, 0.15) is 11.6 Å². The number of aromatic nitrogens is 3. The van der Waals surface area contributed by atoms with Crippen molar-refractivity contribution in [1.82, 2.24) is 20.3 Å². The lowest BCUT2D eigenvalue weighted by atomic mass is 9.61. The quantitative estimate of drug-likeness (QED) is 0.398. The summed E-state index contributed by atoms with van der Waals surface area (Å²) >= 11 is 0. The van der Waals surface area contributed by atoms with Gasteiger partial charge >= 0.3 is 0 Å². The van der Waals surface area contributed by atoms with E-state index in [9.17, 15) is 13.2 Å². The Morgan fingerprint density at radius 2 is 1.98 bits per heavy atom. The zero-order valence-electron chi connectivity index (χ0n) is 22.0. The van der Waals surface area contributed by atoms with E-state index in [0.717, 1.165) is 35.5 Å². The highest BCUT2D eigenvalue weighted by Gasteiger charge is 2.44. The second kappa shape index (κ2) is 9.64. The summed E-state index contributed by atoms with van der Waals surface area (Å²) in [7, 11) is -3.50. The van der Waals surface area contributed by atoms with Crippen LogP contribution in [-0.4, -0.2) is 48.2 Å². The molecule has 0 radical (unpaired) electrons. The largest absolute Gasteiger partial charge is 0.376 e. The average Bonchev–Trinajstić information content (AvgIpc) is 3.11. The fourth-order valence-corrected chi connectivity index (χ4v) is 7.46. The van der Waals surface area contributed by atoms with E-state index in [1.807, 2.05) is 30.5 Å². The molecular weight excluding hydrogens is 526 g/mol. The Morgan fingerprint density at radius 3 is 2.83 bits per heavy atom. The first-order valence-corrected chi connectivity index (χ1v) is 15.3. The van der Waals surface area contributed by atoms with E-state index in [-0.39, 0.29) is 47.3 Å². The monoisotopic (exact) mass is 555 g/mol. The van der Waals surface area contributed by atoms with Crippen molar-refractivity contribution in [2.75, 3.05) is 23.8 Å². The number of sulfone groups is 1. The fraction of sp³-hybridized carbons (Fsp3) is 0.333. The van der Waals surface area contributed by atoms with Gasteiger partial charge in [0.15, 0.2) is 9.84 Å². The number of nitrogens with one attached hydrogen (secondary N) is 1. The van der Waals surface area contributed by atoms with Crippen molar-refractivity contribution < 1.29 is 17.9 Å². The molecule has 3 aromatic heterocycles. The second-order valence-corrected chi connectivity index (χ2v) is 12.9. The van der Waals surface area contributed by atoms with Crippen molar-refractivity contribution in [3.63, 3.8) is 0 Å². The highest BCUT2D eigenvalue weighted by Crippen LogP contribution is 2.52. The number of carbonyl (C=O) groups excluding carboxylic acids is 1. The van der Waals surface area contributed by atoms with Crippen molar-refractivity contribution in [2.24, 2.45) is 0 Å². The predicted octanol–water partition coefficient (Wildman–Crippen LogP) is 4.22. The van der Waals surface area contributed by atoms with Crippen LogP contribution in [0.25, 0.3) is 10.9 Å². The Kier molecular flexibility index (Phi) is 6.05. The highest BCUT2D eigenvalue weighted by atomic mass is 32.2. The van der Waals surface area contributed by atoms with Crippen LogP contribution in [0.4, 0.5) is 11.6 Å².